The van der Waals surface area contributed by atoms with E-state index in [0.717, 1.165) is 19.3 Å². The lowest BCUT2D eigenvalue weighted by atomic mass is 9.81. The molecule has 2 atom stereocenters. The first-order chi connectivity index (χ1) is 8.77. The maximum atomic E-state index is 12.5. The lowest BCUT2D eigenvalue weighted by Gasteiger charge is -2.50. The molecule has 0 radical (unpaired) electrons. The minimum absolute atomic E-state index is 0.0770. The van der Waals surface area contributed by atoms with Crippen molar-refractivity contribution in [1.82, 2.24) is 4.90 Å². The summed E-state index contributed by atoms with van der Waals surface area (Å²) in [5, 5.41) is 8.60. The van der Waals surface area contributed by atoms with Crippen molar-refractivity contribution in [3.63, 3.8) is 0 Å². The van der Waals surface area contributed by atoms with Gasteiger partial charge >= 0.3 is 5.97 Å². The molecule has 1 heterocycles. The van der Waals surface area contributed by atoms with Crippen LogP contribution in [0.2, 0.25) is 0 Å². The minimum atomic E-state index is -0.990. The molecule has 1 saturated carbocycles. The van der Waals surface area contributed by atoms with Crippen molar-refractivity contribution in [1.29, 1.82) is 0 Å². The summed E-state index contributed by atoms with van der Waals surface area (Å²) in [4.78, 5) is 24.7. The van der Waals surface area contributed by atoms with Gasteiger partial charge in [-0.2, -0.15) is 0 Å². The maximum Gasteiger partial charge on any atom is 0.329 e. The van der Waals surface area contributed by atoms with Crippen LogP contribution < -0.4 is 5.73 Å². The predicted molar refractivity (Wildman–Crippen MR) is 68.5 cm³/mol. The topological polar surface area (TPSA) is 92.9 Å². The Hall–Kier alpha value is -1.14. The lowest BCUT2D eigenvalue weighted by Crippen LogP contribution is -2.66. The van der Waals surface area contributed by atoms with Crippen LogP contribution in [0.25, 0.3) is 0 Å². The Balaban J connectivity index is 1.89. The highest BCUT2D eigenvalue weighted by Gasteiger charge is 2.51. The molecule has 0 aromatic rings. The van der Waals surface area contributed by atoms with E-state index in [2.05, 4.69) is 0 Å². The Morgan fingerprint density at radius 3 is 2.53 bits per heavy atom. The van der Waals surface area contributed by atoms with Crippen LogP contribution in [0.15, 0.2) is 0 Å². The molecule has 2 aliphatic rings. The van der Waals surface area contributed by atoms with Crippen LogP contribution in [0.1, 0.15) is 33.1 Å². The van der Waals surface area contributed by atoms with Gasteiger partial charge in [-0.1, -0.05) is 6.42 Å². The van der Waals surface area contributed by atoms with Crippen molar-refractivity contribution in [3.05, 3.63) is 0 Å². The summed E-state index contributed by atoms with van der Waals surface area (Å²) in [6, 6.07) is -0.0770. The van der Waals surface area contributed by atoms with Crippen molar-refractivity contribution in [2.24, 2.45) is 11.1 Å². The van der Waals surface area contributed by atoms with E-state index in [1.54, 1.807) is 4.90 Å². The molecule has 0 aromatic carbocycles. The molecule has 0 aromatic heterocycles. The third-order valence-corrected chi connectivity index (χ3v) is 4.40. The Morgan fingerprint density at radius 1 is 1.42 bits per heavy atom. The van der Waals surface area contributed by atoms with E-state index in [-0.39, 0.29) is 18.6 Å². The molecule has 6 heteroatoms. The number of hydrogen-bond donors (Lipinski definition) is 2. The van der Waals surface area contributed by atoms with Gasteiger partial charge in [-0.25, -0.2) is 4.79 Å². The molecule has 0 bridgehead atoms. The fourth-order valence-electron chi connectivity index (χ4n) is 3.05. The molecule has 3 N–H and O–H groups in total. The second-order valence-electron chi connectivity index (χ2n) is 6.21. The fourth-order valence-corrected chi connectivity index (χ4v) is 3.05. The van der Waals surface area contributed by atoms with Gasteiger partial charge in [-0.15, -0.1) is 0 Å². The Bertz CT molecular complexity index is 392. The summed E-state index contributed by atoms with van der Waals surface area (Å²) >= 11 is 0. The molecule has 0 spiro atoms. The minimum Gasteiger partial charge on any atom is -0.480 e. The van der Waals surface area contributed by atoms with Crippen LogP contribution in [-0.4, -0.2) is 53.2 Å². The SMILES string of the molecule is CC1(OCC(=O)O)CN(C(=O)C2(C)CCCC2N)C1. The van der Waals surface area contributed by atoms with E-state index in [0.29, 0.717) is 13.1 Å². The van der Waals surface area contributed by atoms with Crippen molar-refractivity contribution in [2.45, 2.75) is 44.8 Å². The molecular weight excluding hydrogens is 248 g/mol. The number of nitrogens with zero attached hydrogens (tertiary/aromatic N) is 1. The molecule has 1 saturated heterocycles. The van der Waals surface area contributed by atoms with Crippen LogP contribution in [0, 0.1) is 5.41 Å². The Kier molecular flexibility index (Phi) is 3.57. The number of aliphatic carboxylic acids is 1. The second-order valence-corrected chi connectivity index (χ2v) is 6.21. The van der Waals surface area contributed by atoms with Crippen LogP contribution in [-0.2, 0) is 14.3 Å². The summed E-state index contributed by atoms with van der Waals surface area (Å²) in [7, 11) is 0. The number of carbonyl (C=O) groups excluding carboxylic acids is 1. The number of rotatable bonds is 4. The maximum absolute atomic E-state index is 12.5. The Labute approximate surface area is 112 Å². The third kappa shape index (κ3) is 2.60. The van der Waals surface area contributed by atoms with Crippen molar-refractivity contribution >= 4 is 11.9 Å². The van der Waals surface area contributed by atoms with Gasteiger partial charge in [0, 0.05) is 6.04 Å². The van der Waals surface area contributed by atoms with Gasteiger partial charge in [0.2, 0.25) is 5.91 Å². The van der Waals surface area contributed by atoms with Crippen LogP contribution in [0.5, 0.6) is 0 Å². The largest absolute Gasteiger partial charge is 0.480 e. The zero-order valence-electron chi connectivity index (χ0n) is 11.5. The van der Waals surface area contributed by atoms with E-state index >= 15 is 0 Å². The van der Waals surface area contributed by atoms with Gasteiger partial charge in [-0.3, -0.25) is 4.79 Å². The van der Waals surface area contributed by atoms with E-state index in [4.69, 9.17) is 15.6 Å². The highest BCUT2D eigenvalue weighted by Crippen LogP contribution is 2.40. The number of ether oxygens (including phenoxy) is 1. The standard InChI is InChI=1S/C13H22N2O4/c1-12(19-6-10(16)17)7-15(8-12)11(18)13(2)5-3-4-9(13)14/h9H,3-8,14H2,1-2H3,(H,16,17). The van der Waals surface area contributed by atoms with Crippen LogP contribution in [0.3, 0.4) is 0 Å². The predicted octanol–water partition coefficient (Wildman–Crippen LogP) is 0.206. The highest BCUT2D eigenvalue weighted by molar-refractivity contribution is 5.84. The normalized spacial score (nSPS) is 33.0. The van der Waals surface area contributed by atoms with Crippen LogP contribution in [0.4, 0.5) is 0 Å². The number of carboxylic acid groups (broad SMARTS) is 1. The molecule has 1 aliphatic carbocycles. The van der Waals surface area contributed by atoms with Crippen LogP contribution >= 0.6 is 0 Å². The summed E-state index contributed by atoms with van der Waals surface area (Å²) in [5.41, 5.74) is 5.04. The number of amides is 1. The quantitative estimate of drug-likeness (QED) is 0.761. The molecule has 2 fully saturated rings. The number of likely N-dealkylation sites (tertiary alicyclic amines) is 1. The van der Waals surface area contributed by atoms with Gasteiger partial charge in [-0.05, 0) is 26.7 Å². The van der Waals surface area contributed by atoms with E-state index in [1.807, 2.05) is 13.8 Å². The smallest absolute Gasteiger partial charge is 0.329 e. The average Bonchev–Trinajstić information content (AvgIpc) is 2.64. The monoisotopic (exact) mass is 270 g/mol. The summed E-state index contributed by atoms with van der Waals surface area (Å²) in [5.74, 6) is -0.912. The molecule has 19 heavy (non-hydrogen) atoms. The van der Waals surface area contributed by atoms with E-state index in [1.165, 1.54) is 0 Å². The fraction of sp³-hybridized carbons (Fsp3) is 0.846. The van der Waals surface area contributed by atoms with Gasteiger partial charge in [0.25, 0.3) is 0 Å². The Morgan fingerprint density at radius 2 is 2.05 bits per heavy atom. The molecular formula is C13H22N2O4. The number of carboxylic acids is 1. The molecule has 108 valence electrons. The second kappa shape index (κ2) is 4.76. The lowest BCUT2D eigenvalue weighted by molar-refractivity contribution is -0.179. The number of carbonyl (C=O) groups is 2. The average molecular weight is 270 g/mol. The van der Waals surface area contributed by atoms with Crippen molar-refractivity contribution < 1.29 is 19.4 Å². The van der Waals surface area contributed by atoms with E-state index < -0.39 is 17.0 Å². The zero-order chi connectivity index (χ0) is 14.3. The number of hydrogen-bond acceptors (Lipinski definition) is 4. The van der Waals surface area contributed by atoms with Gasteiger partial charge < -0.3 is 20.5 Å². The summed E-state index contributed by atoms with van der Waals surface area (Å²) in [6.07, 6.45) is 2.71. The summed E-state index contributed by atoms with van der Waals surface area (Å²) in [6.45, 7) is 4.33. The molecule has 2 unspecified atom stereocenters. The van der Waals surface area contributed by atoms with Crippen molar-refractivity contribution in [2.75, 3.05) is 19.7 Å². The first-order valence-corrected chi connectivity index (χ1v) is 6.68. The highest BCUT2D eigenvalue weighted by atomic mass is 16.5. The zero-order valence-corrected chi connectivity index (χ0v) is 11.5. The molecule has 6 nitrogen and oxygen atoms in total. The molecule has 2 rings (SSSR count). The molecule has 1 aliphatic heterocycles. The van der Waals surface area contributed by atoms with Gasteiger partial charge in [0.05, 0.1) is 18.5 Å². The van der Waals surface area contributed by atoms with Gasteiger partial charge in [0.1, 0.15) is 12.2 Å². The molecule has 1 amide bonds. The number of nitrogens with two attached hydrogens (primary N) is 1. The van der Waals surface area contributed by atoms with E-state index in [9.17, 15) is 9.59 Å². The third-order valence-electron chi connectivity index (χ3n) is 4.40. The van der Waals surface area contributed by atoms with Crippen molar-refractivity contribution in [3.8, 4) is 0 Å². The first kappa shape index (κ1) is 14.3. The first-order valence-electron chi connectivity index (χ1n) is 6.68. The summed E-state index contributed by atoms with van der Waals surface area (Å²) < 4.78 is 5.31. The van der Waals surface area contributed by atoms with Gasteiger partial charge in [0.15, 0.2) is 0 Å².